The molecule has 0 N–H and O–H groups in total. The molecule has 0 aliphatic rings. The van der Waals surface area contributed by atoms with Crippen molar-refractivity contribution >= 4 is 24.3 Å². The van der Waals surface area contributed by atoms with Crippen LogP contribution in [0.2, 0.25) is 6.55 Å². The maximum atomic E-state index is 8.93. The lowest BCUT2D eigenvalue weighted by Crippen LogP contribution is -2.57. The molecule has 0 fully saturated rings. The van der Waals surface area contributed by atoms with Crippen LogP contribution in [-0.4, -0.2) is 18.7 Å². The van der Waals surface area contributed by atoms with E-state index in [9.17, 15) is 0 Å². The first kappa shape index (κ1) is 11.5. The molecule has 84 valence electrons. The molecule has 2 aromatic rings. The van der Waals surface area contributed by atoms with Gasteiger partial charge in [-0.1, -0.05) is 67.2 Å². The van der Waals surface area contributed by atoms with Crippen LogP contribution in [0, 0.1) is 0 Å². The van der Waals surface area contributed by atoms with Crippen LogP contribution in [0.4, 0.5) is 0 Å². The first-order chi connectivity index (χ1) is 8.27. The fourth-order valence-corrected chi connectivity index (χ4v) is 4.63. The van der Waals surface area contributed by atoms with Crippen molar-refractivity contribution < 1.29 is 4.79 Å². The van der Waals surface area contributed by atoms with Crippen LogP contribution in [0.1, 0.15) is 0 Å². The summed E-state index contributed by atoms with van der Waals surface area (Å²) in [5.41, 5.74) is 8.93. The molecule has 0 heterocycles. The number of nitrogens with zero attached hydrogens (tertiary/aromatic N) is 2. The number of hydrogen-bond acceptors (Lipinski definition) is 0. The molecule has 0 radical (unpaired) electrons. The Bertz CT molecular complexity index is 491. The minimum absolute atomic E-state index is 1.24. The fourth-order valence-electron chi connectivity index (χ4n) is 2.00. The van der Waals surface area contributed by atoms with Gasteiger partial charge in [0.1, 0.15) is 0 Å². The molecule has 0 aromatic heterocycles. The molecule has 2 rings (SSSR count). The summed E-state index contributed by atoms with van der Waals surface area (Å²) in [6.07, 6.45) is 0. The lowest BCUT2D eigenvalue weighted by atomic mass is 10.4. The van der Waals surface area contributed by atoms with Gasteiger partial charge in [-0.3, -0.25) is 0 Å². The van der Waals surface area contributed by atoms with E-state index in [2.05, 4.69) is 35.6 Å². The molecule has 0 bridgehead atoms. The monoisotopic (exact) mass is 238 g/mol. The van der Waals surface area contributed by atoms with E-state index in [0.717, 1.165) is 0 Å². The van der Waals surface area contributed by atoms with E-state index in [0.29, 0.717) is 0 Å². The highest BCUT2D eigenvalue weighted by molar-refractivity contribution is 7.18. The predicted octanol–water partition coefficient (Wildman–Crippen LogP) is 1.72. The third kappa shape index (κ3) is 2.25. The summed E-state index contributed by atoms with van der Waals surface area (Å²) in [5.74, 6) is 1.71. The molecule has 0 saturated heterocycles. The molecule has 0 spiro atoms. The minimum atomic E-state index is -2.04. The summed E-state index contributed by atoms with van der Waals surface area (Å²) in [6.45, 7) is 2.18. The van der Waals surface area contributed by atoms with Gasteiger partial charge in [-0.2, -0.15) is 4.79 Å². The summed E-state index contributed by atoms with van der Waals surface area (Å²) in [7, 11) is -2.04. The molecular weight excluding hydrogens is 224 g/mol. The van der Waals surface area contributed by atoms with Crippen LogP contribution >= 0.6 is 0 Å². The van der Waals surface area contributed by atoms with Crippen LogP contribution < -0.4 is 10.4 Å². The summed E-state index contributed by atoms with van der Waals surface area (Å²) in [6, 6.07) is 20.5. The van der Waals surface area contributed by atoms with E-state index in [1.807, 2.05) is 36.4 Å². The second-order valence-electron chi connectivity index (χ2n) is 4.18. The number of hydrogen-bond donors (Lipinski definition) is 0. The van der Waals surface area contributed by atoms with Crippen molar-refractivity contribution in [1.82, 2.24) is 0 Å². The first-order valence-electron chi connectivity index (χ1n) is 5.57. The van der Waals surface area contributed by atoms with Crippen molar-refractivity contribution in [2.24, 2.45) is 0 Å². The summed E-state index contributed by atoms with van der Waals surface area (Å²) in [4.78, 5) is 3.30. The molecule has 0 aliphatic heterocycles. The Balaban J connectivity index is 2.59. The topological polar surface area (TPSA) is 36.4 Å². The molecule has 0 amide bonds. The highest BCUT2D eigenvalue weighted by Crippen LogP contribution is 2.02. The minimum Gasteiger partial charge on any atom is -0.362 e. The molecule has 0 saturated carbocycles. The number of benzene rings is 2. The van der Waals surface area contributed by atoms with E-state index in [4.69, 9.17) is 5.53 Å². The van der Waals surface area contributed by atoms with Gasteiger partial charge in [-0.05, 0) is 10.4 Å². The van der Waals surface area contributed by atoms with Crippen LogP contribution in [0.3, 0.4) is 0 Å². The molecule has 2 aromatic carbocycles. The maximum Gasteiger partial charge on any atom is 0.239 e. The summed E-state index contributed by atoms with van der Waals surface area (Å²) < 4.78 is 0. The second-order valence-corrected chi connectivity index (χ2v) is 8.00. The van der Waals surface area contributed by atoms with Gasteiger partial charge in [-0.15, -0.1) is 0 Å². The molecule has 0 unspecified atom stereocenters. The summed E-state index contributed by atoms with van der Waals surface area (Å²) in [5, 5.41) is 2.48. The Morgan fingerprint density at radius 3 is 1.65 bits per heavy atom. The van der Waals surface area contributed by atoms with Crippen molar-refractivity contribution in [2.45, 2.75) is 6.55 Å². The van der Waals surface area contributed by atoms with Crippen molar-refractivity contribution in [3.63, 3.8) is 0 Å². The van der Waals surface area contributed by atoms with Crippen LogP contribution in [-0.2, 0) is 0 Å². The third-order valence-electron chi connectivity index (χ3n) is 3.06. The van der Waals surface area contributed by atoms with Gasteiger partial charge in [0.15, 0.2) is 0 Å². The Hall–Kier alpha value is -1.96. The Morgan fingerprint density at radius 2 is 1.29 bits per heavy atom. The van der Waals surface area contributed by atoms with Crippen LogP contribution in [0.15, 0.2) is 60.7 Å². The molecule has 0 atom stereocenters. The Kier molecular flexibility index (Phi) is 3.33. The average molecular weight is 238 g/mol. The van der Waals surface area contributed by atoms with E-state index in [1.54, 1.807) is 5.84 Å². The number of rotatable bonds is 3. The van der Waals surface area contributed by atoms with Gasteiger partial charge in [0.25, 0.3) is 0 Å². The summed E-state index contributed by atoms with van der Waals surface area (Å²) >= 11 is 0. The van der Waals surface area contributed by atoms with Crippen molar-refractivity contribution in [3.8, 4) is 0 Å². The third-order valence-corrected chi connectivity index (χ3v) is 6.76. The van der Waals surface area contributed by atoms with E-state index in [1.165, 1.54) is 10.4 Å². The van der Waals surface area contributed by atoms with Crippen molar-refractivity contribution in [3.05, 3.63) is 66.2 Å². The largest absolute Gasteiger partial charge is 0.362 e. The van der Waals surface area contributed by atoms with E-state index >= 15 is 0 Å². The molecular formula is C14H14N2Si. The van der Waals surface area contributed by atoms with Gasteiger partial charge < -0.3 is 5.53 Å². The second kappa shape index (κ2) is 4.91. The highest BCUT2D eigenvalue weighted by Gasteiger charge is 2.35. The van der Waals surface area contributed by atoms with Crippen LogP contribution in [0.25, 0.3) is 5.53 Å². The van der Waals surface area contributed by atoms with E-state index in [-0.39, 0.29) is 0 Å². The predicted molar refractivity (Wildman–Crippen MR) is 73.5 cm³/mol. The Morgan fingerprint density at radius 1 is 0.882 bits per heavy atom. The van der Waals surface area contributed by atoms with Gasteiger partial charge in [0.05, 0.1) is 0 Å². The van der Waals surface area contributed by atoms with Gasteiger partial charge >= 0.3 is 0 Å². The Labute approximate surface area is 102 Å². The first-order valence-corrected chi connectivity index (χ1v) is 8.15. The standard InChI is InChI=1S/C14H14N2Si/c1-17(12-16-15,13-8-4-2-5-9-13)14-10-6-3-7-11-14/h2-12H,1H3. The smallest absolute Gasteiger partial charge is 0.239 e. The lowest BCUT2D eigenvalue weighted by molar-refractivity contribution is 0.00699. The molecule has 3 heteroatoms. The van der Waals surface area contributed by atoms with E-state index < -0.39 is 8.07 Å². The zero-order valence-corrected chi connectivity index (χ0v) is 10.7. The van der Waals surface area contributed by atoms with Gasteiger partial charge in [0.2, 0.25) is 13.9 Å². The lowest BCUT2D eigenvalue weighted by Gasteiger charge is -2.18. The quantitative estimate of drug-likeness (QED) is 0.338. The van der Waals surface area contributed by atoms with Crippen molar-refractivity contribution in [2.75, 3.05) is 0 Å². The zero-order chi connectivity index (χ0) is 12.1. The maximum absolute atomic E-state index is 8.93. The zero-order valence-electron chi connectivity index (χ0n) is 9.75. The molecule has 2 nitrogen and oxygen atoms in total. The highest BCUT2D eigenvalue weighted by atomic mass is 28.3. The van der Waals surface area contributed by atoms with Gasteiger partial charge in [-0.25, -0.2) is 0 Å². The van der Waals surface area contributed by atoms with Crippen LogP contribution in [0.5, 0.6) is 0 Å². The average Bonchev–Trinajstić information content (AvgIpc) is 2.41. The van der Waals surface area contributed by atoms with Gasteiger partial charge in [0, 0.05) is 0 Å². The molecule has 17 heavy (non-hydrogen) atoms. The fraction of sp³-hybridized carbons (Fsp3) is 0.0714. The SMILES string of the molecule is C[Si](C=[N+]=[N-])(c1ccccc1)c1ccccc1. The molecule has 0 aliphatic carbocycles. The normalized spacial score (nSPS) is 10.6. The van der Waals surface area contributed by atoms with Crippen molar-refractivity contribution in [1.29, 1.82) is 0 Å².